The van der Waals surface area contributed by atoms with Crippen molar-refractivity contribution in [2.75, 3.05) is 6.54 Å². The highest BCUT2D eigenvalue weighted by Gasteiger charge is 2.17. The lowest BCUT2D eigenvalue weighted by atomic mass is 10.0. The van der Waals surface area contributed by atoms with Crippen LogP contribution in [0.1, 0.15) is 40.9 Å². The van der Waals surface area contributed by atoms with Crippen molar-refractivity contribution in [1.29, 1.82) is 0 Å². The van der Waals surface area contributed by atoms with Crippen LogP contribution < -0.4 is 11.1 Å². The maximum Gasteiger partial charge on any atom is 0.252 e. The largest absolute Gasteiger partial charge is 0.507 e. The Bertz CT molecular complexity index is 674. The number of aryl methyl sites for hydroxylation is 1. The molecule has 0 radical (unpaired) electrons. The zero-order valence-electron chi connectivity index (χ0n) is 13.8. The van der Waals surface area contributed by atoms with E-state index in [-0.39, 0.29) is 23.9 Å². The molecule has 0 fully saturated rings. The van der Waals surface area contributed by atoms with E-state index in [4.69, 9.17) is 5.73 Å². The van der Waals surface area contributed by atoms with Gasteiger partial charge in [-0.05, 0) is 31.4 Å². The van der Waals surface area contributed by atoms with Crippen LogP contribution in [0.15, 0.2) is 48.5 Å². The van der Waals surface area contributed by atoms with Gasteiger partial charge in [-0.25, -0.2) is 0 Å². The molecule has 128 valence electrons. The zero-order valence-corrected chi connectivity index (χ0v) is 13.8. The molecule has 5 heteroatoms. The van der Waals surface area contributed by atoms with E-state index in [1.165, 1.54) is 11.6 Å². The molecule has 1 amide bonds. The quantitative estimate of drug-likeness (QED) is 0.597. The van der Waals surface area contributed by atoms with Gasteiger partial charge in [0.1, 0.15) is 5.75 Å². The highest BCUT2D eigenvalue weighted by molar-refractivity contribution is 5.95. The van der Waals surface area contributed by atoms with Crippen molar-refractivity contribution in [3.05, 3.63) is 65.2 Å². The molecule has 2 rings (SSSR count). The Balaban J connectivity index is 1.87. The van der Waals surface area contributed by atoms with E-state index in [0.29, 0.717) is 5.56 Å². The molecule has 2 aromatic carbocycles. The summed E-state index contributed by atoms with van der Waals surface area (Å²) in [7, 11) is 0. The minimum Gasteiger partial charge on any atom is -0.507 e. The van der Waals surface area contributed by atoms with E-state index >= 15 is 0 Å². The van der Waals surface area contributed by atoms with Crippen molar-refractivity contribution in [2.24, 2.45) is 5.73 Å². The van der Waals surface area contributed by atoms with Crippen molar-refractivity contribution in [3.63, 3.8) is 0 Å². The Kier molecular flexibility index (Phi) is 6.35. The molecule has 2 atom stereocenters. The number of nitrogens with two attached hydrogens (primary N) is 1. The third kappa shape index (κ3) is 4.81. The number of aliphatic hydroxyl groups excluding tert-OH is 1. The molecule has 0 aliphatic heterocycles. The lowest BCUT2D eigenvalue weighted by Gasteiger charge is -2.18. The summed E-state index contributed by atoms with van der Waals surface area (Å²) in [5, 5.41) is 23.6. The van der Waals surface area contributed by atoms with Crippen LogP contribution in [-0.4, -0.2) is 28.7 Å². The number of nitrogens with one attached hydrogen (secondary N) is 1. The number of benzene rings is 2. The lowest BCUT2D eigenvalue weighted by molar-refractivity contribution is 0.0997. The van der Waals surface area contributed by atoms with Crippen LogP contribution >= 0.6 is 0 Å². The van der Waals surface area contributed by atoms with Crippen molar-refractivity contribution in [1.82, 2.24) is 5.32 Å². The fourth-order valence-corrected chi connectivity index (χ4v) is 2.58. The molecule has 0 spiro atoms. The molecule has 0 saturated heterocycles. The first-order chi connectivity index (χ1) is 11.5. The minimum absolute atomic E-state index is 0.0173. The second-order valence-electron chi connectivity index (χ2n) is 5.96. The minimum atomic E-state index is -0.913. The fourth-order valence-electron chi connectivity index (χ4n) is 2.58. The average Bonchev–Trinajstić information content (AvgIpc) is 2.58. The Labute approximate surface area is 142 Å². The zero-order chi connectivity index (χ0) is 17.5. The number of aliphatic hydroxyl groups is 1. The van der Waals surface area contributed by atoms with Crippen molar-refractivity contribution in [2.45, 2.75) is 31.9 Å². The van der Waals surface area contributed by atoms with Gasteiger partial charge in [0, 0.05) is 18.2 Å². The van der Waals surface area contributed by atoms with Gasteiger partial charge in [0.05, 0.1) is 11.7 Å². The molecule has 5 nitrogen and oxygen atoms in total. The average molecular weight is 328 g/mol. The van der Waals surface area contributed by atoms with Crippen LogP contribution in [0.4, 0.5) is 0 Å². The summed E-state index contributed by atoms with van der Waals surface area (Å²) in [5.41, 5.74) is 6.80. The van der Waals surface area contributed by atoms with Gasteiger partial charge in [-0.3, -0.25) is 4.79 Å². The first-order valence-electron chi connectivity index (χ1n) is 8.06. The van der Waals surface area contributed by atoms with Gasteiger partial charge in [-0.1, -0.05) is 42.5 Å². The highest BCUT2D eigenvalue weighted by atomic mass is 16.3. The van der Waals surface area contributed by atoms with Gasteiger partial charge in [0.2, 0.25) is 0 Å². The first kappa shape index (κ1) is 18.0. The standard InChI is InChI=1S/C19H24N2O3/c1-13(10-11-14-6-3-2-4-7-14)21-12-17(22)15-8-5-9-16(18(15)23)19(20)24/h2-9,13,17,21-23H,10-12H2,1H3,(H2,20,24)/t13-,17+/m1/s1. The van der Waals surface area contributed by atoms with Gasteiger partial charge in [0.25, 0.3) is 5.91 Å². The lowest BCUT2D eigenvalue weighted by Crippen LogP contribution is -2.31. The Morgan fingerprint density at radius 3 is 2.54 bits per heavy atom. The number of phenols is 1. The first-order valence-corrected chi connectivity index (χ1v) is 8.06. The van der Waals surface area contributed by atoms with Gasteiger partial charge in [0.15, 0.2) is 0 Å². The summed E-state index contributed by atoms with van der Waals surface area (Å²) in [4.78, 5) is 11.2. The summed E-state index contributed by atoms with van der Waals surface area (Å²) in [6, 6.07) is 15.0. The summed E-state index contributed by atoms with van der Waals surface area (Å²) in [5.74, 6) is -0.970. The van der Waals surface area contributed by atoms with Gasteiger partial charge < -0.3 is 21.3 Å². The van der Waals surface area contributed by atoms with Crippen molar-refractivity contribution >= 4 is 5.91 Å². The molecule has 24 heavy (non-hydrogen) atoms. The molecule has 5 N–H and O–H groups in total. The molecular weight excluding hydrogens is 304 g/mol. The Morgan fingerprint density at radius 1 is 1.17 bits per heavy atom. The monoisotopic (exact) mass is 328 g/mol. The summed E-state index contributed by atoms with van der Waals surface area (Å²) in [6.45, 7) is 2.33. The molecule has 0 saturated carbocycles. The molecule has 0 unspecified atom stereocenters. The van der Waals surface area contributed by atoms with Crippen LogP contribution in [0.25, 0.3) is 0 Å². The number of para-hydroxylation sites is 1. The fraction of sp³-hybridized carbons (Fsp3) is 0.316. The van der Waals surface area contributed by atoms with Crippen LogP contribution in [0, 0.1) is 0 Å². The number of hydrogen-bond acceptors (Lipinski definition) is 4. The molecule has 2 aromatic rings. The molecule has 0 heterocycles. The maximum absolute atomic E-state index is 11.2. The van der Waals surface area contributed by atoms with Crippen LogP contribution in [0.3, 0.4) is 0 Å². The maximum atomic E-state index is 11.2. The highest BCUT2D eigenvalue weighted by Crippen LogP contribution is 2.27. The van der Waals surface area contributed by atoms with Crippen molar-refractivity contribution in [3.8, 4) is 5.75 Å². The number of hydrogen-bond donors (Lipinski definition) is 4. The Hall–Kier alpha value is -2.37. The van der Waals surface area contributed by atoms with E-state index in [1.807, 2.05) is 18.2 Å². The van der Waals surface area contributed by atoms with Gasteiger partial charge in [-0.15, -0.1) is 0 Å². The number of carbonyl (C=O) groups is 1. The van der Waals surface area contributed by atoms with E-state index < -0.39 is 12.0 Å². The van der Waals surface area contributed by atoms with Gasteiger partial charge >= 0.3 is 0 Å². The third-order valence-electron chi connectivity index (χ3n) is 4.06. The molecule has 0 aromatic heterocycles. The summed E-state index contributed by atoms with van der Waals surface area (Å²) in [6.07, 6.45) is 0.973. The molecule has 0 bridgehead atoms. The molecule has 0 aliphatic carbocycles. The number of carbonyl (C=O) groups excluding carboxylic acids is 1. The number of aromatic hydroxyl groups is 1. The van der Waals surface area contributed by atoms with E-state index in [9.17, 15) is 15.0 Å². The number of amides is 1. The molecule has 0 aliphatic rings. The van der Waals surface area contributed by atoms with E-state index in [2.05, 4.69) is 24.4 Å². The normalized spacial score (nSPS) is 13.4. The predicted molar refractivity (Wildman–Crippen MR) is 93.8 cm³/mol. The number of primary amides is 1. The van der Waals surface area contributed by atoms with Gasteiger partial charge in [-0.2, -0.15) is 0 Å². The topological polar surface area (TPSA) is 95.6 Å². The van der Waals surface area contributed by atoms with Crippen LogP contribution in [0.5, 0.6) is 5.75 Å². The smallest absolute Gasteiger partial charge is 0.252 e. The molecular formula is C19H24N2O3. The second-order valence-corrected chi connectivity index (χ2v) is 5.96. The third-order valence-corrected chi connectivity index (χ3v) is 4.06. The second kappa shape index (κ2) is 8.47. The predicted octanol–water partition coefficient (Wildman–Crippen LogP) is 2.14. The Morgan fingerprint density at radius 2 is 1.88 bits per heavy atom. The van der Waals surface area contributed by atoms with E-state index in [0.717, 1.165) is 12.8 Å². The summed E-state index contributed by atoms with van der Waals surface area (Å²) >= 11 is 0. The van der Waals surface area contributed by atoms with Crippen LogP contribution in [0.2, 0.25) is 0 Å². The van der Waals surface area contributed by atoms with E-state index in [1.54, 1.807) is 12.1 Å². The SMILES string of the molecule is C[C@H](CCc1ccccc1)NC[C@H](O)c1cccc(C(N)=O)c1O. The van der Waals surface area contributed by atoms with Crippen molar-refractivity contribution < 1.29 is 15.0 Å². The number of rotatable bonds is 8. The summed E-state index contributed by atoms with van der Waals surface area (Å²) < 4.78 is 0. The van der Waals surface area contributed by atoms with Crippen LogP contribution in [-0.2, 0) is 6.42 Å².